The van der Waals surface area contributed by atoms with Gasteiger partial charge in [0.05, 0.1) is 42.5 Å². The summed E-state index contributed by atoms with van der Waals surface area (Å²) in [5.41, 5.74) is -0.0906. The number of amides is 5. The Labute approximate surface area is 399 Å². The van der Waals surface area contributed by atoms with E-state index in [2.05, 4.69) is 22.5 Å². The number of aliphatic carboxylic acids is 1. The van der Waals surface area contributed by atoms with Crippen molar-refractivity contribution < 1.29 is 48.1 Å². The smallest absolute Gasteiger partial charge is 0.408 e. The summed E-state index contributed by atoms with van der Waals surface area (Å²) in [7, 11) is 1.56. The van der Waals surface area contributed by atoms with Crippen LogP contribution in [-0.4, -0.2) is 117 Å². The summed E-state index contributed by atoms with van der Waals surface area (Å²) in [5.74, 6) is -3.25. The van der Waals surface area contributed by atoms with E-state index in [1.54, 1.807) is 49.6 Å². The average Bonchev–Trinajstić information content (AvgIpc) is 3.51. The van der Waals surface area contributed by atoms with Gasteiger partial charge in [-0.05, 0) is 63.3 Å². The first kappa shape index (κ1) is 47.9. The van der Waals surface area contributed by atoms with Crippen molar-refractivity contribution in [2.75, 3.05) is 25.5 Å². The van der Waals surface area contributed by atoms with Crippen LogP contribution in [0, 0.1) is 17.3 Å². The highest BCUT2D eigenvalue weighted by Gasteiger charge is 2.61. The molecule has 17 nitrogen and oxygen atoms in total. The van der Waals surface area contributed by atoms with E-state index in [0.29, 0.717) is 46.6 Å². The van der Waals surface area contributed by atoms with Crippen molar-refractivity contribution in [3.63, 3.8) is 0 Å². The number of carbonyl (C=O) groups excluding carboxylic acids is 5. The van der Waals surface area contributed by atoms with Gasteiger partial charge >= 0.3 is 12.1 Å². The van der Waals surface area contributed by atoms with Crippen LogP contribution in [0.4, 0.5) is 9.93 Å². The lowest BCUT2D eigenvalue weighted by molar-refractivity contribution is -0.146. The molecule has 6 atom stereocenters. The summed E-state index contributed by atoms with van der Waals surface area (Å²) >= 11 is 1.44. The van der Waals surface area contributed by atoms with Gasteiger partial charge in [0.2, 0.25) is 11.8 Å². The monoisotopic (exact) mass is 949 g/mol. The summed E-state index contributed by atoms with van der Waals surface area (Å²) in [4.78, 5) is 95.4. The maximum absolute atomic E-state index is 15.3. The van der Waals surface area contributed by atoms with Crippen LogP contribution >= 0.6 is 11.3 Å². The molecule has 1 unspecified atom stereocenters. The molecule has 2 aromatic heterocycles. The van der Waals surface area contributed by atoms with Gasteiger partial charge < -0.3 is 40.2 Å². The van der Waals surface area contributed by atoms with Crippen molar-refractivity contribution >= 4 is 63.1 Å². The normalized spacial score (nSPS) is 22.4. The topological polar surface area (TPSA) is 219 Å². The van der Waals surface area contributed by atoms with Crippen molar-refractivity contribution in [3.05, 3.63) is 77.7 Å². The molecule has 4 aromatic rings. The lowest BCUT2D eigenvalue weighted by Crippen LogP contribution is -2.58. The molecule has 18 heteroatoms. The molecular formula is C50H59N7O10S. The van der Waals surface area contributed by atoms with E-state index in [9.17, 15) is 29.1 Å². The highest BCUT2D eigenvalue weighted by Crippen LogP contribution is 2.45. The molecule has 3 fully saturated rings. The number of carbonyl (C=O) groups is 6. The molecule has 2 aliphatic carbocycles. The second-order valence-corrected chi connectivity index (χ2v) is 20.4. The fourth-order valence-corrected chi connectivity index (χ4v) is 10.3. The number of aromatic nitrogens is 2. The molecule has 68 heavy (non-hydrogen) atoms. The standard InChI is InChI=1S/C50H59N7O10S/c1-8-29-23-50(29,46(62)63)55-42(58)38-21-31(66-39-22-36(37-26-68-47(53-37)51-27(2)3)52-35-20-30(65-7)18-19-34(35)39)24-56(38)45(61)41(28-14-10-9-11-15-28)54-48(64)67-40(49(4,5)6)25-57-43(59)32-16-12-13-17-33(32)44(57)60/h8,12-13,16-20,22,26-29,31,38,40-41H,1,9-11,14-15,21,23-25H2,2-7H3,(H,51,53)(H,54,64)(H,55,58)(H,62,63)/t29?,31-,38+,40-,41+,50-/m1/s1. The van der Waals surface area contributed by atoms with Crippen LogP contribution in [0.15, 0.2) is 66.6 Å². The number of pyridine rings is 1. The van der Waals surface area contributed by atoms with Gasteiger partial charge in [0.25, 0.3) is 11.8 Å². The van der Waals surface area contributed by atoms with Crippen LogP contribution < -0.4 is 25.4 Å². The van der Waals surface area contributed by atoms with E-state index in [-0.39, 0.29) is 49.0 Å². The highest BCUT2D eigenvalue weighted by molar-refractivity contribution is 7.14. The van der Waals surface area contributed by atoms with E-state index < -0.39 is 76.9 Å². The number of carboxylic acids is 1. The molecule has 1 saturated heterocycles. The molecule has 4 aliphatic rings. The van der Waals surface area contributed by atoms with Crippen molar-refractivity contribution in [3.8, 4) is 22.9 Å². The Bertz CT molecular complexity index is 2600. The fourth-order valence-electron chi connectivity index (χ4n) is 9.49. The van der Waals surface area contributed by atoms with E-state index in [1.165, 1.54) is 22.3 Å². The third-order valence-corrected chi connectivity index (χ3v) is 14.2. The number of benzene rings is 2. The molecule has 4 heterocycles. The lowest BCUT2D eigenvalue weighted by Gasteiger charge is -2.36. The number of nitrogens with zero attached hydrogens (tertiary/aromatic N) is 4. The maximum atomic E-state index is 15.3. The first-order valence-electron chi connectivity index (χ1n) is 23.2. The van der Waals surface area contributed by atoms with Crippen LogP contribution in [0.25, 0.3) is 22.3 Å². The van der Waals surface area contributed by atoms with E-state index >= 15 is 4.79 Å². The number of thiazole rings is 1. The molecule has 8 rings (SSSR count). The van der Waals surface area contributed by atoms with E-state index in [0.717, 1.165) is 29.3 Å². The summed E-state index contributed by atoms with van der Waals surface area (Å²) in [6.07, 6.45) is 2.77. The molecule has 2 aromatic carbocycles. The van der Waals surface area contributed by atoms with Crippen LogP contribution in [-0.2, 0) is 19.1 Å². The van der Waals surface area contributed by atoms with Crippen LogP contribution in [0.2, 0.25) is 0 Å². The minimum absolute atomic E-state index is 0.00526. The largest absolute Gasteiger partial charge is 0.497 e. The maximum Gasteiger partial charge on any atom is 0.408 e. The number of alkyl carbamates (subject to hydrolysis) is 1. The van der Waals surface area contributed by atoms with Gasteiger partial charge in [-0.2, -0.15) is 0 Å². The minimum Gasteiger partial charge on any atom is -0.497 e. The van der Waals surface area contributed by atoms with Gasteiger partial charge in [0.15, 0.2) is 5.13 Å². The average molecular weight is 950 g/mol. The van der Waals surface area contributed by atoms with Crippen LogP contribution in [0.3, 0.4) is 0 Å². The Morgan fingerprint density at radius 1 is 1.00 bits per heavy atom. The zero-order valence-electron chi connectivity index (χ0n) is 39.2. The first-order valence-corrected chi connectivity index (χ1v) is 24.1. The SMILES string of the molecule is C=CC1C[C@]1(NC(=O)[C@@H]1C[C@@H](Oc2cc(-c3csc(NC(C)C)n3)nc3cc(OC)ccc23)CN1C(=O)[C@@H](NC(=O)O[C@H](CN1C(=O)c2ccccc2C1=O)C(C)(C)C)C1CCCCC1)C(=O)O. The fraction of sp³-hybridized carbons (Fsp3) is 0.480. The predicted octanol–water partition coefficient (Wildman–Crippen LogP) is 7.07. The number of hydrogen-bond acceptors (Lipinski definition) is 13. The summed E-state index contributed by atoms with van der Waals surface area (Å²) in [6.45, 7) is 13.0. The van der Waals surface area contributed by atoms with E-state index in [1.807, 2.05) is 46.1 Å². The zero-order chi connectivity index (χ0) is 48.7. The quantitative estimate of drug-likeness (QED) is 0.0654. The Kier molecular flexibility index (Phi) is 13.5. The number of imide groups is 1. The summed E-state index contributed by atoms with van der Waals surface area (Å²) < 4.78 is 18.4. The van der Waals surface area contributed by atoms with Gasteiger partial charge in [0, 0.05) is 46.7 Å². The van der Waals surface area contributed by atoms with Gasteiger partial charge in [0.1, 0.15) is 47.0 Å². The number of anilines is 1. The molecule has 0 spiro atoms. The molecule has 0 bridgehead atoms. The zero-order valence-corrected chi connectivity index (χ0v) is 40.0. The lowest BCUT2D eigenvalue weighted by atomic mass is 9.83. The number of ether oxygens (including phenoxy) is 3. The van der Waals surface area contributed by atoms with Gasteiger partial charge in [-0.15, -0.1) is 17.9 Å². The van der Waals surface area contributed by atoms with Crippen molar-refractivity contribution in [2.45, 2.75) is 115 Å². The number of carboxylic acid groups (broad SMARTS) is 1. The van der Waals surface area contributed by atoms with Crippen molar-refractivity contribution in [1.82, 2.24) is 30.4 Å². The van der Waals surface area contributed by atoms with Crippen LogP contribution in [0.5, 0.6) is 11.5 Å². The summed E-state index contributed by atoms with van der Waals surface area (Å²) in [6, 6.07) is 11.5. The molecule has 2 aliphatic heterocycles. The number of hydrogen-bond donors (Lipinski definition) is 4. The van der Waals surface area contributed by atoms with Crippen molar-refractivity contribution in [1.29, 1.82) is 0 Å². The second-order valence-electron chi connectivity index (χ2n) is 19.6. The van der Waals surface area contributed by atoms with Crippen LogP contribution in [0.1, 0.15) is 100 Å². The third kappa shape index (κ3) is 9.73. The highest BCUT2D eigenvalue weighted by atomic mass is 32.1. The van der Waals surface area contributed by atoms with Gasteiger partial charge in [-0.25, -0.2) is 19.6 Å². The van der Waals surface area contributed by atoms with Crippen molar-refractivity contribution in [2.24, 2.45) is 17.3 Å². The molecule has 0 radical (unpaired) electrons. The molecule has 360 valence electrons. The summed E-state index contributed by atoms with van der Waals surface area (Å²) in [5, 5.41) is 22.5. The minimum atomic E-state index is -1.58. The Morgan fingerprint density at radius 3 is 2.32 bits per heavy atom. The molecule has 4 N–H and O–H groups in total. The Morgan fingerprint density at radius 2 is 1.71 bits per heavy atom. The predicted molar refractivity (Wildman–Crippen MR) is 255 cm³/mol. The first-order chi connectivity index (χ1) is 32.4. The Balaban J connectivity index is 1.09. The van der Waals surface area contributed by atoms with Gasteiger partial charge in [-0.1, -0.05) is 58.2 Å². The van der Waals surface area contributed by atoms with Gasteiger partial charge in [-0.3, -0.25) is 24.1 Å². The molecule has 2 saturated carbocycles. The number of fused-ring (bicyclic) bond motifs is 2. The van der Waals surface area contributed by atoms with E-state index in [4.69, 9.17) is 24.2 Å². The number of nitrogens with one attached hydrogen (secondary N) is 3. The molecule has 5 amide bonds. The number of rotatable bonds is 16. The number of methoxy groups -OCH3 is 1. The Hall–Kier alpha value is -6.56. The molecular weight excluding hydrogens is 891 g/mol. The second kappa shape index (κ2) is 19.2. The number of likely N-dealkylation sites (tertiary alicyclic amines) is 1. The third-order valence-electron chi connectivity index (χ3n) is 13.4.